The quantitative estimate of drug-likeness (QED) is 0.773. The van der Waals surface area contributed by atoms with Gasteiger partial charge in [-0.3, -0.25) is 0 Å². The Morgan fingerprint density at radius 1 is 1.07 bits per heavy atom. The molecule has 0 unspecified atom stereocenters. The zero-order valence-corrected chi connectivity index (χ0v) is 15.7. The average Bonchev–Trinajstić information content (AvgIpc) is 2.71. The normalized spacial score (nSPS) is 14.7. The SMILES string of the molecule is CCOC(=O)N(c1ccccc1OCC)N1CCN(c2cccnn2)CC1. The van der Waals surface area contributed by atoms with Gasteiger partial charge < -0.3 is 14.4 Å². The number of carbonyl (C=O) groups excluding carboxylic acids is 1. The van der Waals surface area contributed by atoms with Crippen LogP contribution in [0.5, 0.6) is 5.75 Å². The number of benzene rings is 1. The molecule has 1 aromatic heterocycles. The maximum Gasteiger partial charge on any atom is 0.429 e. The number of nitrogens with zero attached hydrogens (tertiary/aromatic N) is 5. The van der Waals surface area contributed by atoms with Crippen LogP contribution in [-0.4, -0.2) is 60.7 Å². The van der Waals surface area contributed by atoms with E-state index < -0.39 is 6.09 Å². The molecule has 1 aromatic carbocycles. The summed E-state index contributed by atoms with van der Waals surface area (Å²) in [6.45, 7) is 7.31. The van der Waals surface area contributed by atoms with Crippen molar-refractivity contribution < 1.29 is 14.3 Å². The summed E-state index contributed by atoms with van der Waals surface area (Å²) in [5.74, 6) is 1.50. The first kappa shape index (κ1) is 18.9. The molecule has 0 atom stereocenters. The molecule has 1 aliphatic heterocycles. The maximum atomic E-state index is 12.7. The Kier molecular flexibility index (Phi) is 6.43. The van der Waals surface area contributed by atoms with E-state index in [1.165, 1.54) is 0 Å². The van der Waals surface area contributed by atoms with Crippen molar-refractivity contribution in [2.45, 2.75) is 13.8 Å². The summed E-state index contributed by atoms with van der Waals surface area (Å²) in [5, 5.41) is 11.7. The van der Waals surface area contributed by atoms with Crippen LogP contribution in [0.2, 0.25) is 0 Å². The van der Waals surface area contributed by atoms with E-state index in [0.29, 0.717) is 37.7 Å². The number of ether oxygens (including phenoxy) is 2. The molecule has 0 N–H and O–H groups in total. The summed E-state index contributed by atoms with van der Waals surface area (Å²) in [4.78, 5) is 14.9. The highest BCUT2D eigenvalue weighted by atomic mass is 16.6. The fraction of sp³-hybridized carbons (Fsp3) is 0.421. The molecule has 1 saturated heterocycles. The van der Waals surface area contributed by atoms with Gasteiger partial charge in [-0.25, -0.2) is 14.8 Å². The molecule has 0 spiro atoms. The van der Waals surface area contributed by atoms with Gasteiger partial charge in [0.1, 0.15) is 11.4 Å². The second kappa shape index (κ2) is 9.18. The summed E-state index contributed by atoms with van der Waals surface area (Å²) in [7, 11) is 0. The topological polar surface area (TPSA) is 71.0 Å². The van der Waals surface area contributed by atoms with Gasteiger partial charge in [0.05, 0.1) is 13.2 Å². The number of hydrazine groups is 1. The van der Waals surface area contributed by atoms with Crippen molar-refractivity contribution in [3.8, 4) is 5.75 Å². The van der Waals surface area contributed by atoms with Crippen LogP contribution in [0.3, 0.4) is 0 Å². The lowest BCUT2D eigenvalue weighted by atomic mass is 10.2. The molecule has 0 bridgehead atoms. The van der Waals surface area contributed by atoms with Crippen LogP contribution in [0.15, 0.2) is 42.6 Å². The highest BCUT2D eigenvalue weighted by Gasteiger charge is 2.30. The van der Waals surface area contributed by atoms with Crippen LogP contribution < -0.4 is 14.6 Å². The Morgan fingerprint density at radius 3 is 2.52 bits per heavy atom. The number of anilines is 2. The highest BCUT2D eigenvalue weighted by Crippen LogP contribution is 2.30. The third kappa shape index (κ3) is 4.46. The Hall–Kier alpha value is -2.87. The zero-order chi connectivity index (χ0) is 19.1. The van der Waals surface area contributed by atoms with Crippen molar-refractivity contribution in [3.63, 3.8) is 0 Å². The number of aromatic nitrogens is 2. The summed E-state index contributed by atoms with van der Waals surface area (Å²) in [6, 6.07) is 11.3. The van der Waals surface area contributed by atoms with Gasteiger partial charge in [0.2, 0.25) is 0 Å². The molecule has 0 saturated carbocycles. The van der Waals surface area contributed by atoms with Crippen molar-refractivity contribution in [2.75, 3.05) is 49.3 Å². The van der Waals surface area contributed by atoms with Crippen molar-refractivity contribution in [1.29, 1.82) is 0 Å². The van der Waals surface area contributed by atoms with Gasteiger partial charge in [-0.2, -0.15) is 5.10 Å². The molecule has 0 aliphatic carbocycles. The van der Waals surface area contributed by atoms with Crippen LogP contribution in [-0.2, 0) is 4.74 Å². The first-order chi connectivity index (χ1) is 13.2. The van der Waals surface area contributed by atoms with Crippen LogP contribution >= 0.6 is 0 Å². The van der Waals surface area contributed by atoms with E-state index in [2.05, 4.69) is 15.1 Å². The molecule has 1 aliphatic rings. The zero-order valence-electron chi connectivity index (χ0n) is 15.7. The number of hydrogen-bond acceptors (Lipinski definition) is 7. The molecule has 2 aromatic rings. The molecule has 27 heavy (non-hydrogen) atoms. The molecule has 3 rings (SSSR count). The smallest absolute Gasteiger partial charge is 0.429 e. The number of hydrogen-bond donors (Lipinski definition) is 0. The first-order valence-corrected chi connectivity index (χ1v) is 9.20. The molecular formula is C19H25N5O3. The van der Waals surface area contributed by atoms with E-state index in [9.17, 15) is 4.79 Å². The number of para-hydroxylation sites is 2. The maximum absolute atomic E-state index is 12.7. The van der Waals surface area contributed by atoms with Crippen LogP contribution in [0, 0.1) is 0 Å². The van der Waals surface area contributed by atoms with Crippen molar-refractivity contribution in [3.05, 3.63) is 42.6 Å². The van der Waals surface area contributed by atoms with E-state index in [1.807, 2.05) is 48.3 Å². The van der Waals surface area contributed by atoms with Gasteiger partial charge >= 0.3 is 6.09 Å². The Balaban J connectivity index is 1.80. The van der Waals surface area contributed by atoms with E-state index >= 15 is 0 Å². The molecule has 8 nitrogen and oxygen atoms in total. The molecule has 2 heterocycles. The predicted octanol–water partition coefficient (Wildman–Crippen LogP) is 2.58. The average molecular weight is 371 g/mol. The van der Waals surface area contributed by atoms with E-state index in [1.54, 1.807) is 18.1 Å². The molecule has 8 heteroatoms. The second-order valence-electron chi connectivity index (χ2n) is 5.93. The van der Waals surface area contributed by atoms with Gasteiger partial charge in [-0.05, 0) is 38.1 Å². The van der Waals surface area contributed by atoms with Gasteiger partial charge in [-0.1, -0.05) is 12.1 Å². The number of rotatable bonds is 6. The lowest BCUT2D eigenvalue weighted by Gasteiger charge is -2.40. The number of piperazine rings is 1. The highest BCUT2D eigenvalue weighted by molar-refractivity contribution is 5.88. The van der Waals surface area contributed by atoms with Gasteiger partial charge in [0.15, 0.2) is 5.82 Å². The van der Waals surface area contributed by atoms with Crippen molar-refractivity contribution >= 4 is 17.6 Å². The lowest BCUT2D eigenvalue weighted by molar-refractivity contribution is 0.130. The minimum absolute atomic E-state index is 0.311. The predicted molar refractivity (Wildman–Crippen MR) is 103 cm³/mol. The monoisotopic (exact) mass is 371 g/mol. The van der Waals surface area contributed by atoms with Crippen LogP contribution in [0.1, 0.15) is 13.8 Å². The minimum atomic E-state index is -0.405. The molecule has 0 radical (unpaired) electrons. The first-order valence-electron chi connectivity index (χ1n) is 9.20. The Bertz CT molecular complexity index is 735. The number of amides is 1. The standard InChI is InChI=1S/C19H25N5O3/c1-3-26-17-9-6-5-8-16(17)24(19(25)27-4-2)23-14-12-22(13-15-23)18-10-7-11-20-21-18/h5-11H,3-4,12-15H2,1-2H3. The summed E-state index contributed by atoms with van der Waals surface area (Å²) < 4.78 is 11.0. The summed E-state index contributed by atoms with van der Waals surface area (Å²) in [5.41, 5.74) is 0.686. The van der Waals surface area contributed by atoms with Gasteiger partial charge in [0, 0.05) is 32.4 Å². The van der Waals surface area contributed by atoms with E-state index in [4.69, 9.17) is 9.47 Å². The third-order valence-corrected chi connectivity index (χ3v) is 4.26. The largest absolute Gasteiger partial charge is 0.492 e. The van der Waals surface area contributed by atoms with Crippen molar-refractivity contribution in [1.82, 2.24) is 15.2 Å². The van der Waals surface area contributed by atoms with E-state index in [-0.39, 0.29) is 0 Å². The van der Waals surface area contributed by atoms with Crippen molar-refractivity contribution in [2.24, 2.45) is 0 Å². The fourth-order valence-corrected chi connectivity index (χ4v) is 3.05. The summed E-state index contributed by atoms with van der Waals surface area (Å²) in [6.07, 6.45) is 1.25. The van der Waals surface area contributed by atoms with Crippen LogP contribution in [0.4, 0.5) is 16.3 Å². The fourth-order valence-electron chi connectivity index (χ4n) is 3.05. The van der Waals surface area contributed by atoms with Crippen LogP contribution in [0.25, 0.3) is 0 Å². The molecular weight excluding hydrogens is 346 g/mol. The number of carbonyl (C=O) groups is 1. The minimum Gasteiger partial charge on any atom is -0.492 e. The molecule has 1 fully saturated rings. The molecule has 1 amide bonds. The molecule has 144 valence electrons. The Morgan fingerprint density at radius 2 is 1.85 bits per heavy atom. The Labute approximate surface area is 159 Å². The summed E-state index contributed by atoms with van der Waals surface area (Å²) >= 11 is 0. The lowest BCUT2D eigenvalue weighted by Crippen LogP contribution is -2.56. The van der Waals surface area contributed by atoms with Gasteiger partial charge in [-0.15, -0.1) is 5.10 Å². The second-order valence-corrected chi connectivity index (χ2v) is 5.93. The van der Waals surface area contributed by atoms with Gasteiger partial charge in [0.25, 0.3) is 0 Å². The van der Waals surface area contributed by atoms with E-state index in [0.717, 1.165) is 18.9 Å². The third-order valence-electron chi connectivity index (χ3n) is 4.26.